The number of carbonyl (C=O) groups excluding carboxylic acids is 1. The van der Waals surface area contributed by atoms with E-state index in [-0.39, 0.29) is 11.3 Å². The van der Waals surface area contributed by atoms with Gasteiger partial charge in [0, 0.05) is 5.56 Å². The first-order chi connectivity index (χ1) is 12.6. The molecule has 0 aliphatic carbocycles. The van der Waals surface area contributed by atoms with Crippen molar-refractivity contribution in [2.75, 3.05) is 6.26 Å². The van der Waals surface area contributed by atoms with Crippen LogP contribution in [0, 0.1) is 11.3 Å². The molecule has 0 aliphatic heterocycles. The van der Waals surface area contributed by atoms with E-state index in [4.69, 9.17) is 4.74 Å². The van der Waals surface area contributed by atoms with Crippen LogP contribution in [0.4, 0.5) is 0 Å². The third kappa shape index (κ3) is 3.66. The topological polar surface area (TPSA) is 95.8 Å². The molecule has 0 radical (unpaired) electrons. The summed E-state index contributed by atoms with van der Waals surface area (Å²) < 4.78 is 5.38. The van der Waals surface area contributed by atoms with Crippen LogP contribution in [-0.4, -0.2) is 22.2 Å². The van der Waals surface area contributed by atoms with Gasteiger partial charge in [0.05, 0.1) is 11.3 Å². The molecule has 7 heteroatoms. The van der Waals surface area contributed by atoms with E-state index in [0.29, 0.717) is 22.0 Å². The highest BCUT2D eigenvalue weighted by Gasteiger charge is 2.15. The smallest absolute Gasteiger partial charge is 0.343 e. The number of ether oxygens (including phenoxy) is 1. The molecule has 3 aromatic rings. The van der Waals surface area contributed by atoms with Gasteiger partial charge in [0.15, 0.2) is 5.16 Å². The number of nitrogens with zero attached hydrogens (tertiary/aromatic N) is 2. The fraction of sp³-hybridized carbons (Fsp3) is 0.0526. The third-order valence-electron chi connectivity index (χ3n) is 3.53. The number of nitrogens with one attached hydrogen (secondary N) is 1. The number of benzene rings is 2. The number of carbonyl (C=O) groups is 1. The molecule has 0 bridgehead atoms. The Morgan fingerprint density at radius 1 is 1.19 bits per heavy atom. The molecule has 0 aliphatic rings. The van der Waals surface area contributed by atoms with Crippen LogP contribution in [0.25, 0.3) is 11.3 Å². The molecule has 0 spiro atoms. The SMILES string of the molecule is CSc1nc(-c2cccc(OC(=O)c3ccccc3)c2)c(C#N)c(=O)[nH]1. The molecule has 0 saturated heterocycles. The molecule has 2 aromatic carbocycles. The minimum absolute atomic E-state index is 0.0886. The number of H-pyrrole nitrogens is 1. The van der Waals surface area contributed by atoms with Crippen molar-refractivity contribution in [3.63, 3.8) is 0 Å². The van der Waals surface area contributed by atoms with E-state index in [1.54, 1.807) is 54.8 Å². The molecule has 26 heavy (non-hydrogen) atoms. The molecule has 0 saturated carbocycles. The molecule has 3 rings (SSSR count). The molecule has 0 fully saturated rings. The van der Waals surface area contributed by atoms with Gasteiger partial charge in [-0.1, -0.05) is 42.1 Å². The average molecular weight is 363 g/mol. The van der Waals surface area contributed by atoms with Crippen molar-refractivity contribution in [1.82, 2.24) is 9.97 Å². The molecule has 1 N–H and O–H groups in total. The van der Waals surface area contributed by atoms with Gasteiger partial charge in [0.1, 0.15) is 17.4 Å². The van der Waals surface area contributed by atoms with Crippen LogP contribution in [0.1, 0.15) is 15.9 Å². The first-order valence-corrected chi connectivity index (χ1v) is 8.81. The summed E-state index contributed by atoms with van der Waals surface area (Å²) >= 11 is 1.26. The third-order valence-corrected chi connectivity index (χ3v) is 4.11. The zero-order chi connectivity index (χ0) is 18.5. The lowest BCUT2D eigenvalue weighted by Crippen LogP contribution is -2.14. The number of hydrogen-bond donors (Lipinski definition) is 1. The summed E-state index contributed by atoms with van der Waals surface area (Å²) in [6.45, 7) is 0. The highest BCUT2D eigenvalue weighted by atomic mass is 32.2. The number of rotatable bonds is 4. The summed E-state index contributed by atoms with van der Waals surface area (Å²) in [6.07, 6.45) is 1.77. The van der Waals surface area contributed by atoms with Crippen molar-refractivity contribution >= 4 is 17.7 Å². The normalized spacial score (nSPS) is 10.2. The summed E-state index contributed by atoms with van der Waals surface area (Å²) in [4.78, 5) is 31.1. The zero-order valence-corrected chi connectivity index (χ0v) is 14.5. The fourth-order valence-electron chi connectivity index (χ4n) is 2.31. The van der Waals surface area contributed by atoms with Crippen LogP contribution >= 0.6 is 11.8 Å². The molecule has 1 aromatic heterocycles. The van der Waals surface area contributed by atoms with Crippen molar-refractivity contribution in [2.45, 2.75) is 5.16 Å². The van der Waals surface area contributed by atoms with Crippen molar-refractivity contribution < 1.29 is 9.53 Å². The van der Waals surface area contributed by atoms with Gasteiger partial charge in [-0.2, -0.15) is 5.26 Å². The van der Waals surface area contributed by atoms with E-state index in [0.717, 1.165) is 0 Å². The monoisotopic (exact) mass is 363 g/mol. The van der Waals surface area contributed by atoms with Gasteiger partial charge in [-0.3, -0.25) is 4.79 Å². The predicted molar refractivity (Wildman–Crippen MR) is 98.2 cm³/mol. The number of aromatic nitrogens is 2. The van der Waals surface area contributed by atoms with E-state index in [1.807, 2.05) is 12.1 Å². The quantitative estimate of drug-likeness (QED) is 0.331. The first-order valence-electron chi connectivity index (χ1n) is 7.58. The number of hydrogen-bond acceptors (Lipinski definition) is 6. The maximum atomic E-state index is 12.2. The van der Waals surface area contributed by atoms with Crippen molar-refractivity contribution in [2.24, 2.45) is 0 Å². The highest BCUT2D eigenvalue weighted by molar-refractivity contribution is 7.98. The number of nitriles is 1. The van der Waals surface area contributed by atoms with Gasteiger partial charge >= 0.3 is 5.97 Å². The highest BCUT2D eigenvalue weighted by Crippen LogP contribution is 2.25. The zero-order valence-electron chi connectivity index (χ0n) is 13.7. The van der Waals surface area contributed by atoms with Crippen molar-refractivity contribution in [3.8, 4) is 23.1 Å². The minimum Gasteiger partial charge on any atom is -0.423 e. The van der Waals surface area contributed by atoms with Gasteiger partial charge in [-0.05, 0) is 30.5 Å². The molecular formula is C19H13N3O3S. The summed E-state index contributed by atoms with van der Waals surface area (Å²) in [5, 5.41) is 9.68. The molecular weight excluding hydrogens is 350 g/mol. The summed E-state index contributed by atoms with van der Waals surface area (Å²) in [7, 11) is 0. The van der Waals surface area contributed by atoms with E-state index >= 15 is 0 Å². The second kappa shape index (κ2) is 7.68. The van der Waals surface area contributed by atoms with Crippen molar-refractivity contribution in [1.29, 1.82) is 5.26 Å². The second-order valence-electron chi connectivity index (χ2n) is 5.19. The molecule has 0 amide bonds. The number of aromatic amines is 1. The predicted octanol–water partition coefficient (Wildman–Crippen LogP) is 3.25. The van der Waals surface area contributed by atoms with Gasteiger partial charge in [-0.15, -0.1) is 0 Å². The van der Waals surface area contributed by atoms with Crippen molar-refractivity contribution in [3.05, 3.63) is 76.1 Å². The van der Waals surface area contributed by atoms with E-state index in [2.05, 4.69) is 9.97 Å². The van der Waals surface area contributed by atoms with E-state index in [1.165, 1.54) is 11.8 Å². The summed E-state index contributed by atoms with van der Waals surface area (Å²) in [6, 6.07) is 17.1. The lowest BCUT2D eigenvalue weighted by molar-refractivity contribution is 0.0735. The van der Waals surface area contributed by atoms with Crippen LogP contribution in [0.2, 0.25) is 0 Å². The Labute approximate surface area is 153 Å². The number of thioether (sulfide) groups is 1. The largest absolute Gasteiger partial charge is 0.423 e. The Kier molecular flexibility index (Phi) is 5.15. The Morgan fingerprint density at radius 3 is 2.65 bits per heavy atom. The Morgan fingerprint density at radius 2 is 1.96 bits per heavy atom. The Balaban J connectivity index is 1.98. The molecule has 1 heterocycles. The van der Waals surface area contributed by atoms with Crippen LogP contribution in [0.5, 0.6) is 5.75 Å². The van der Waals surface area contributed by atoms with Gasteiger partial charge in [0.2, 0.25) is 0 Å². The maximum absolute atomic E-state index is 12.2. The van der Waals surface area contributed by atoms with Gasteiger partial charge < -0.3 is 9.72 Å². The van der Waals surface area contributed by atoms with E-state index in [9.17, 15) is 14.9 Å². The minimum atomic E-state index is -0.506. The van der Waals surface area contributed by atoms with Gasteiger partial charge in [-0.25, -0.2) is 9.78 Å². The number of esters is 1. The Bertz CT molecular complexity index is 1060. The van der Waals surface area contributed by atoms with E-state index < -0.39 is 11.5 Å². The summed E-state index contributed by atoms with van der Waals surface area (Å²) in [5.41, 5.74) is 0.594. The Hall–Kier alpha value is -3.37. The van der Waals surface area contributed by atoms with Crippen LogP contribution in [-0.2, 0) is 0 Å². The fourth-order valence-corrected chi connectivity index (χ4v) is 2.69. The lowest BCUT2D eigenvalue weighted by atomic mass is 10.1. The molecule has 0 unspecified atom stereocenters. The lowest BCUT2D eigenvalue weighted by Gasteiger charge is -2.08. The van der Waals surface area contributed by atoms with Crippen LogP contribution in [0.15, 0.2) is 64.5 Å². The molecule has 128 valence electrons. The van der Waals surface area contributed by atoms with Crippen LogP contribution < -0.4 is 10.3 Å². The molecule has 6 nitrogen and oxygen atoms in total. The standard InChI is InChI=1S/C19H13N3O3S/c1-26-19-21-16(15(11-20)17(23)22-19)13-8-5-9-14(10-13)25-18(24)12-6-3-2-4-7-12/h2-10H,1H3,(H,21,22,23). The maximum Gasteiger partial charge on any atom is 0.343 e. The van der Waals surface area contributed by atoms with Crippen LogP contribution in [0.3, 0.4) is 0 Å². The van der Waals surface area contributed by atoms with Gasteiger partial charge in [0.25, 0.3) is 5.56 Å². The second-order valence-corrected chi connectivity index (χ2v) is 5.99. The summed E-state index contributed by atoms with van der Waals surface area (Å²) in [5.74, 6) is -0.194. The first kappa shape index (κ1) is 17.5. The molecule has 0 atom stereocenters. The average Bonchev–Trinajstić information content (AvgIpc) is 2.68.